The highest BCUT2D eigenvalue weighted by atomic mass is 35.5. The number of aliphatic hydroxyl groups is 1. The lowest BCUT2D eigenvalue weighted by atomic mass is 9.91. The molecule has 2 rings (SSSR count). The normalized spacial score (nSPS) is 23.4. The van der Waals surface area contributed by atoms with Crippen molar-refractivity contribution < 1.29 is 5.11 Å². The zero-order chi connectivity index (χ0) is 13.8. The average molecular weight is 283 g/mol. The summed E-state index contributed by atoms with van der Waals surface area (Å²) >= 11 is 6.13. The molecule has 3 nitrogen and oxygen atoms in total. The maximum atomic E-state index is 10.2. The molecule has 2 atom stereocenters. The molecule has 1 saturated carbocycles. The Bertz CT molecular complexity index is 425. The van der Waals surface area contributed by atoms with Gasteiger partial charge in [0.15, 0.2) is 0 Å². The molecule has 1 aromatic carbocycles. The van der Waals surface area contributed by atoms with Gasteiger partial charge in [-0.1, -0.05) is 30.5 Å². The molecule has 106 valence electrons. The highest BCUT2D eigenvalue weighted by Gasteiger charge is 2.27. The van der Waals surface area contributed by atoms with Crippen LogP contribution in [0.2, 0.25) is 5.02 Å². The molecule has 2 unspecified atom stereocenters. The highest BCUT2D eigenvalue weighted by Crippen LogP contribution is 2.30. The van der Waals surface area contributed by atoms with Crippen LogP contribution in [-0.4, -0.2) is 31.3 Å². The van der Waals surface area contributed by atoms with Crippen molar-refractivity contribution in [2.75, 3.05) is 19.0 Å². The molecule has 0 amide bonds. The van der Waals surface area contributed by atoms with Gasteiger partial charge in [-0.3, -0.25) is 0 Å². The Labute approximate surface area is 120 Å². The zero-order valence-electron chi connectivity index (χ0n) is 11.7. The van der Waals surface area contributed by atoms with Crippen LogP contribution in [-0.2, 0) is 6.54 Å². The summed E-state index contributed by atoms with van der Waals surface area (Å²) in [6.45, 7) is 0.805. The number of hydrogen-bond donors (Lipinski definition) is 2. The second kappa shape index (κ2) is 6.60. The third-order valence-electron chi connectivity index (χ3n) is 3.99. The van der Waals surface area contributed by atoms with Gasteiger partial charge in [0.2, 0.25) is 0 Å². The van der Waals surface area contributed by atoms with Crippen molar-refractivity contribution in [1.29, 1.82) is 0 Å². The Balaban J connectivity index is 2.25. The molecule has 0 heterocycles. The molecule has 1 fully saturated rings. The Hall–Kier alpha value is -0.770. The van der Waals surface area contributed by atoms with E-state index in [-0.39, 0.29) is 12.1 Å². The van der Waals surface area contributed by atoms with Crippen LogP contribution in [0.1, 0.15) is 31.2 Å². The van der Waals surface area contributed by atoms with Crippen molar-refractivity contribution in [3.8, 4) is 0 Å². The van der Waals surface area contributed by atoms with E-state index in [0.29, 0.717) is 0 Å². The quantitative estimate of drug-likeness (QED) is 0.891. The van der Waals surface area contributed by atoms with E-state index in [0.717, 1.165) is 36.5 Å². The van der Waals surface area contributed by atoms with Crippen LogP contribution in [0, 0.1) is 0 Å². The highest BCUT2D eigenvalue weighted by molar-refractivity contribution is 6.30. The standard InChI is InChI=1S/C15H23ClN2O/c1-17-10-11-7-8-12(16)9-14(11)18(2)13-5-3-4-6-15(13)19/h7-9,13,15,17,19H,3-6,10H2,1-2H3. The zero-order valence-corrected chi connectivity index (χ0v) is 12.5. The molecular formula is C15H23ClN2O. The first-order valence-electron chi connectivity index (χ1n) is 6.97. The van der Waals surface area contributed by atoms with Gasteiger partial charge < -0.3 is 15.3 Å². The molecule has 0 spiro atoms. The number of nitrogens with one attached hydrogen (secondary N) is 1. The minimum atomic E-state index is -0.236. The van der Waals surface area contributed by atoms with Crippen molar-refractivity contribution >= 4 is 17.3 Å². The molecule has 0 saturated heterocycles. The summed E-state index contributed by atoms with van der Waals surface area (Å²) in [5, 5.41) is 14.1. The van der Waals surface area contributed by atoms with E-state index in [9.17, 15) is 5.11 Å². The Kier molecular flexibility index (Phi) is 5.08. The smallest absolute Gasteiger partial charge is 0.0743 e. The van der Waals surface area contributed by atoms with Crippen LogP contribution >= 0.6 is 11.6 Å². The fourth-order valence-corrected chi connectivity index (χ4v) is 3.09. The predicted octanol–water partition coefficient (Wildman–Crippen LogP) is 2.80. The van der Waals surface area contributed by atoms with Gasteiger partial charge in [-0.05, 0) is 37.6 Å². The monoisotopic (exact) mass is 282 g/mol. The summed E-state index contributed by atoms with van der Waals surface area (Å²) in [5.41, 5.74) is 2.33. The number of halogens is 1. The second-order valence-electron chi connectivity index (χ2n) is 5.33. The molecule has 1 aliphatic carbocycles. The number of nitrogens with zero attached hydrogens (tertiary/aromatic N) is 1. The number of aliphatic hydroxyl groups excluding tert-OH is 1. The topological polar surface area (TPSA) is 35.5 Å². The van der Waals surface area contributed by atoms with Crippen molar-refractivity contribution in [3.63, 3.8) is 0 Å². The first-order valence-corrected chi connectivity index (χ1v) is 7.35. The number of hydrogen-bond acceptors (Lipinski definition) is 3. The van der Waals surface area contributed by atoms with Crippen molar-refractivity contribution in [2.24, 2.45) is 0 Å². The van der Waals surface area contributed by atoms with Gasteiger partial charge in [0.25, 0.3) is 0 Å². The summed E-state index contributed by atoms with van der Waals surface area (Å²) in [4.78, 5) is 2.20. The van der Waals surface area contributed by atoms with E-state index >= 15 is 0 Å². The largest absolute Gasteiger partial charge is 0.391 e. The summed E-state index contributed by atoms with van der Waals surface area (Å²) < 4.78 is 0. The van der Waals surface area contributed by atoms with Crippen molar-refractivity contribution in [2.45, 2.75) is 44.4 Å². The maximum Gasteiger partial charge on any atom is 0.0743 e. The van der Waals surface area contributed by atoms with E-state index in [1.165, 1.54) is 12.0 Å². The van der Waals surface area contributed by atoms with Gasteiger partial charge in [0, 0.05) is 24.3 Å². The van der Waals surface area contributed by atoms with Gasteiger partial charge >= 0.3 is 0 Å². The van der Waals surface area contributed by atoms with Crippen LogP contribution in [0.25, 0.3) is 0 Å². The minimum absolute atomic E-state index is 0.197. The van der Waals surface area contributed by atoms with E-state index in [1.807, 2.05) is 19.2 Å². The van der Waals surface area contributed by atoms with E-state index in [2.05, 4.69) is 23.3 Å². The molecule has 0 aliphatic heterocycles. The van der Waals surface area contributed by atoms with Crippen molar-refractivity contribution in [1.82, 2.24) is 5.32 Å². The Morgan fingerprint density at radius 3 is 2.79 bits per heavy atom. The van der Waals surface area contributed by atoms with Crippen molar-refractivity contribution in [3.05, 3.63) is 28.8 Å². The lowest BCUT2D eigenvalue weighted by Gasteiger charge is -2.37. The first-order chi connectivity index (χ1) is 9.13. The molecule has 2 N–H and O–H groups in total. The van der Waals surface area contributed by atoms with Gasteiger partial charge in [-0.25, -0.2) is 0 Å². The van der Waals surface area contributed by atoms with E-state index < -0.39 is 0 Å². The summed E-state index contributed by atoms with van der Waals surface area (Å²) in [6.07, 6.45) is 4.03. The predicted molar refractivity (Wildman–Crippen MR) is 80.9 cm³/mol. The van der Waals surface area contributed by atoms with E-state index in [1.54, 1.807) is 0 Å². The van der Waals surface area contributed by atoms with Gasteiger partial charge in [-0.2, -0.15) is 0 Å². The van der Waals surface area contributed by atoms with E-state index in [4.69, 9.17) is 11.6 Å². The summed E-state index contributed by atoms with van der Waals surface area (Å²) in [7, 11) is 4.00. The number of likely N-dealkylation sites (N-methyl/N-ethyl adjacent to an activating group) is 1. The Morgan fingerprint density at radius 1 is 1.37 bits per heavy atom. The van der Waals surface area contributed by atoms with Crippen LogP contribution in [0.15, 0.2) is 18.2 Å². The minimum Gasteiger partial charge on any atom is -0.391 e. The first kappa shape index (κ1) is 14.6. The van der Waals surface area contributed by atoms with Crippen LogP contribution in [0.3, 0.4) is 0 Å². The number of anilines is 1. The fraction of sp³-hybridized carbons (Fsp3) is 0.600. The average Bonchev–Trinajstić information content (AvgIpc) is 2.41. The second-order valence-corrected chi connectivity index (χ2v) is 5.77. The molecule has 1 aliphatic rings. The lowest BCUT2D eigenvalue weighted by molar-refractivity contribution is 0.106. The lowest BCUT2D eigenvalue weighted by Crippen LogP contribution is -2.44. The molecular weight excluding hydrogens is 260 g/mol. The molecule has 19 heavy (non-hydrogen) atoms. The SMILES string of the molecule is CNCc1ccc(Cl)cc1N(C)C1CCCCC1O. The van der Waals surface area contributed by atoms with Gasteiger partial charge in [0.1, 0.15) is 0 Å². The van der Waals surface area contributed by atoms with Gasteiger partial charge in [0.05, 0.1) is 12.1 Å². The third kappa shape index (κ3) is 3.41. The molecule has 1 aromatic rings. The summed E-state index contributed by atoms with van der Waals surface area (Å²) in [6, 6.07) is 6.17. The summed E-state index contributed by atoms with van der Waals surface area (Å²) in [5.74, 6) is 0. The molecule has 4 heteroatoms. The number of benzene rings is 1. The van der Waals surface area contributed by atoms with Gasteiger partial charge in [-0.15, -0.1) is 0 Å². The maximum absolute atomic E-state index is 10.2. The molecule has 0 bridgehead atoms. The molecule has 0 radical (unpaired) electrons. The number of rotatable bonds is 4. The molecule has 0 aromatic heterocycles. The van der Waals surface area contributed by atoms with Crippen LogP contribution in [0.5, 0.6) is 0 Å². The van der Waals surface area contributed by atoms with Crippen LogP contribution in [0.4, 0.5) is 5.69 Å². The third-order valence-corrected chi connectivity index (χ3v) is 4.22. The Morgan fingerprint density at radius 2 is 2.11 bits per heavy atom. The van der Waals surface area contributed by atoms with Crippen LogP contribution < -0.4 is 10.2 Å². The fourth-order valence-electron chi connectivity index (χ4n) is 2.93.